The number of amides is 2. The Morgan fingerprint density at radius 2 is 1.96 bits per heavy atom. The Bertz CT molecular complexity index is 677. The largest absolute Gasteiger partial charge is 0.455 e. The molecule has 0 spiro atoms. The molecule has 0 aromatic heterocycles. The lowest BCUT2D eigenvalue weighted by atomic mass is 10.2. The molecule has 6 heteroatoms. The van der Waals surface area contributed by atoms with Crippen molar-refractivity contribution in [1.82, 2.24) is 4.90 Å². The van der Waals surface area contributed by atoms with Crippen molar-refractivity contribution in [2.45, 2.75) is 19.4 Å². The number of para-hydroxylation sites is 2. The lowest BCUT2D eigenvalue weighted by Gasteiger charge is -2.20. The Labute approximate surface area is 140 Å². The molecule has 2 rings (SSSR count). The second-order valence-corrected chi connectivity index (χ2v) is 5.52. The highest BCUT2D eigenvalue weighted by atomic mass is 19.1. The van der Waals surface area contributed by atoms with Crippen LogP contribution in [0.25, 0.3) is 0 Å². The first-order valence-electron chi connectivity index (χ1n) is 7.69. The van der Waals surface area contributed by atoms with E-state index in [1.165, 1.54) is 17.0 Å². The van der Waals surface area contributed by atoms with Crippen molar-refractivity contribution in [3.8, 4) is 11.5 Å². The summed E-state index contributed by atoms with van der Waals surface area (Å²) in [5, 5.41) is 11.8. The molecular formula is C18H21FN2O3. The third-order valence-electron chi connectivity index (χ3n) is 3.41. The first-order valence-corrected chi connectivity index (χ1v) is 7.69. The molecule has 2 aromatic rings. The first-order chi connectivity index (χ1) is 11.5. The van der Waals surface area contributed by atoms with Gasteiger partial charge in [0.25, 0.3) is 0 Å². The summed E-state index contributed by atoms with van der Waals surface area (Å²) in [4.78, 5) is 13.6. The number of nitrogens with one attached hydrogen (secondary N) is 1. The first kappa shape index (κ1) is 17.7. The van der Waals surface area contributed by atoms with E-state index in [1.807, 2.05) is 6.07 Å². The topological polar surface area (TPSA) is 61.8 Å². The summed E-state index contributed by atoms with van der Waals surface area (Å²) in [5.74, 6) is 0.181. The number of aliphatic hydroxyl groups excluding tert-OH is 1. The van der Waals surface area contributed by atoms with Gasteiger partial charge in [0.15, 0.2) is 11.6 Å². The molecule has 0 aliphatic rings. The fourth-order valence-corrected chi connectivity index (χ4v) is 2.01. The van der Waals surface area contributed by atoms with Gasteiger partial charge in [-0.1, -0.05) is 24.3 Å². The van der Waals surface area contributed by atoms with E-state index >= 15 is 0 Å². The maximum atomic E-state index is 14.1. The number of hydrogen-bond donors (Lipinski definition) is 2. The van der Waals surface area contributed by atoms with Crippen LogP contribution in [0, 0.1) is 5.82 Å². The minimum atomic E-state index is -0.583. The predicted octanol–water partition coefficient (Wildman–Crippen LogP) is 3.85. The molecule has 1 atom stereocenters. The molecule has 24 heavy (non-hydrogen) atoms. The van der Waals surface area contributed by atoms with Gasteiger partial charge in [0.2, 0.25) is 0 Å². The Balaban J connectivity index is 2.13. The molecule has 0 aliphatic heterocycles. The van der Waals surface area contributed by atoms with Crippen LogP contribution in [0.5, 0.6) is 11.5 Å². The van der Waals surface area contributed by atoms with Crippen molar-refractivity contribution in [3.63, 3.8) is 0 Å². The normalized spacial score (nSPS) is 11.7. The van der Waals surface area contributed by atoms with Gasteiger partial charge in [0, 0.05) is 13.6 Å². The number of urea groups is 1. The van der Waals surface area contributed by atoms with Crippen LogP contribution in [0.1, 0.15) is 13.3 Å². The molecule has 0 fully saturated rings. The highest BCUT2D eigenvalue weighted by molar-refractivity contribution is 5.91. The number of anilines is 1. The Hall–Kier alpha value is -2.60. The zero-order valence-corrected chi connectivity index (χ0v) is 13.7. The van der Waals surface area contributed by atoms with Crippen molar-refractivity contribution in [2.24, 2.45) is 0 Å². The Morgan fingerprint density at radius 3 is 2.62 bits per heavy atom. The van der Waals surface area contributed by atoms with E-state index in [0.29, 0.717) is 18.7 Å². The SMILES string of the molecule is C[C@H](O)CCN(C)C(=O)Nc1c(F)cccc1Oc1ccccc1. The number of ether oxygens (including phenoxy) is 1. The smallest absolute Gasteiger partial charge is 0.321 e. The lowest BCUT2D eigenvalue weighted by molar-refractivity contribution is 0.167. The Kier molecular flexibility index (Phi) is 6.14. The summed E-state index contributed by atoms with van der Waals surface area (Å²) < 4.78 is 19.8. The van der Waals surface area contributed by atoms with Crippen molar-refractivity contribution in [2.75, 3.05) is 18.9 Å². The molecule has 128 valence electrons. The van der Waals surface area contributed by atoms with E-state index in [1.54, 1.807) is 44.3 Å². The van der Waals surface area contributed by atoms with Gasteiger partial charge in [-0.15, -0.1) is 0 Å². The van der Waals surface area contributed by atoms with Crippen LogP contribution >= 0.6 is 0 Å². The molecule has 2 N–H and O–H groups in total. The molecule has 0 radical (unpaired) electrons. The average molecular weight is 332 g/mol. The summed E-state index contributed by atoms with van der Waals surface area (Å²) in [7, 11) is 1.58. The minimum Gasteiger partial charge on any atom is -0.455 e. The van der Waals surface area contributed by atoms with Crippen LogP contribution < -0.4 is 10.1 Å². The van der Waals surface area contributed by atoms with Gasteiger partial charge in [0.05, 0.1) is 6.10 Å². The molecule has 0 unspecified atom stereocenters. The number of nitrogens with zero attached hydrogens (tertiary/aromatic N) is 1. The van der Waals surface area contributed by atoms with Crippen molar-refractivity contribution < 1.29 is 19.0 Å². The van der Waals surface area contributed by atoms with E-state index in [4.69, 9.17) is 4.74 Å². The molecule has 0 saturated carbocycles. The van der Waals surface area contributed by atoms with Gasteiger partial charge < -0.3 is 20.1 Å². The van der Waals surface area contributed by atoms with Crippen LogP contribution in [0.15, 0.2) is 48.5 Å². The molecule has 0 bridgehead atoms. The second-order valence-electron chi connectivity index (χ2n) is 5.52. The van der Waals surface area contributed by atoms with Crippen LogP contribution in [0.4, 0.5) is 14.9 Å². The fraction of sp³-hybridized carbons (Fsp3) is 0.278. The van der Waals surface area contributed by atoms with Crippen LogP contribution in [-0.4, -0.2) is 35.7 Å². The zero-order valence-electron chi connectivity index (χ0n) is 13.7. The summed E-state index contributed by atoms with van der Waals surface area (Å²) in [6.45, 7) is 2.00. The van der Waals surface area contributed by atoms with Crippen molar-refractivity contribution >= 4 is 11.7 Å². The second kappa shape index (κ2) is 8.31. The van der Waals surface area contributed by atoms with E-state index in [0.717, 1.165) is 0 Å². The number of rotatable bonds is 6. The van der Waals surface area contributed by atoms with Gasteiger partial charge in [-0.3, -0.25) is 0 Å². The van der Waals surface area contributed by atoms with Gasteiger partial charge in [-0.2, -0.15) is 0 Å². The molecule has 0 saturated heterocycles. The van der Waals surface area contributed by atoms with Gasteiger partial charge in [0.1, 0.15) is 11.4 Å². The monoisotopic (exact) mass is 332 g/mol. The van der Waals surface area contributed by atoms with Gasteiger partial charge in [-0.05, 0) is 37.6 Å². The lowest BCUT2D eigenvalue weighted by Crippen LogP contribution is -2.33. The van der Waals surface area contributed by atoms with Gasteiger partial charge in [-0.25, -0.2) is 9.18 Å². The van der Waals surface area contributed by atoms with E-state index in [-0.39, 0.29) is 11.4 Å². The molecule has 2 aromatic carbocycles. The number of carbonyl (C=O) groups is 1. The van der Waals surface area contributed by atoms with Crippen LogP contribution in [-0.2, 0) is 0 Å². The van der Waals surface area contributed by atoms with Gasteiger partial charge >= 0.3 is 6.03 Å². The maximum absolute atomic E-state index is 14.1. The van der Waals surface area contributed by atoms with E-state index in [2.05, 4.69) is 5.32 Å². The summed E-state index contributed by atoms with van der Waals surface area (Å²) in [6.07, 6.45) is -0.0696. The van der Waals surface area contributed by atoms with Crippen molar-refractivity contribution in [3.05, 3.63) is 54.3 Å². The highest BCUT2D eigenvalue weighted by Gasteiger charge is 2.16. The number of carbonyl (C=O) groups excluding carboxylic acids is 1. The quantitative estimate of drug-likeness (QED) is 0.844. The van der Waals surface area contributed by atoms with E-state index in [9.17, 15) is 14.3 Å². The third-order valence-corrected chi connectivity index (χ3v) is 3.41. The average Bonchev–Trinajstić information content (AvgIpc) is 2.56. The maximum Gasteiger partial charge on any atom is 0.321 e. The number of halogens is 1. The molecular weight excluding hydrogens is 311 g/mol. The number of benzene rings is 2. The van der Waals surface area contributed by atoms with E-state index < -0.39 is 18.0 Å². The predicted molar refractivity (Wildman–Crippen MR) is 90.9 cm³/mol. The highest BCUT2D eigenvalue weighted by Crippen LogP contribution is 2.31. The summed E-state index contributed by atoms with van der Waals surface area (Å²) in [5.41, 5.74) is -0.0183. The number of hydrogen-bond acceptors (Lipinski definition) is 3. The molecule has 0 aliphatic carbocycles. The molecule has 5 nitrogen and oxygen atoms in total. The van der Waals surface area contributed by atoms with Crippen LogP contribution in [0.2, 0.25) is 0 Å². The van der Waals surface area contributed by atoms with Crippen molar-refractivity contribution in [1.29, 1.82) is 0 Å². The third kappa shape index (κ3) is 4.96. The summed E-state index contributed by atoms with van der Waals surface area (Å²) in [6, 6.07) is 12.8. The zero-order chi connectivity index (χ0) is 17.5. The fourth-order valence-electron chi connectivity index (χ4n) is 2.01. The Morgan fingerprint density at radius 1 is 1.25 bits per heavy atom. The molecule has 0 heterocycles. The molecule has 2 amide bonds. The standard InChI is InChI=1S/C18H21FN2O3/c1-13(22)11-12-21(2)18(23)20-17-15(19)9-6-10-16(17)24-14-7-4-3-5-8-14/h3-10,13,22H,11-12H2,1-2H3,(H,20,23)/t13-/m0/s1. The summed E-state index contributed by atoms with van der Waals surface area (Å²) >= 11 is 0. The van der Waals surface area contributed by atoms with Crippen LogP contribution in [0.3, 0.4) is 0 Å². The number of aliphatic hydroxyl groups is 1. The minimum absolute atomic E-state index is 0.0183.